The summed E-state index contributed by atoms with van der Waals surface area (Å²) in [5.74, 6) is 0.0227. The molecule has 8 heteroatoms. The first-order valence-electron chi connectivity index (χ1n) is 10.3. The number of anilines is 1. The van der Waals surface area contributed by atoms with E-state index in [1.165, 1.54) is 15.1 Å². The number of thiazole rings is 1. The number of thiophene rings is 1. The largest absolute Gasteiger partial charge is 0.383 e. The van der Waals surface area contributed by atoms with Gasteiger partial charge in [0.15, 0.2) is 0 Å². The molecule has 0 saturated heterocycles. The van der Waals surface area contributed by atoms with Crippen LogP contribution in [0.2, 0.25) is 0 Å². The summed E-state index contributed by atoms with van der Waals surface area (Å²) in [6.45, 7) is 6.42. The number of hydrogen-bond donors (Lipinski definition) is 3. The van der Waals surface area contributed by atoms with Crippen LogP contribution in [0.1, 0.15) is 36.8 Å². The number of amides is 1. The highest BCUT2D eigenvalue weighted by Gasteiger charge is 2.30. The summed E-state index contributed by atoms with van der Waals surface area (Å²) in [5.41, 5.74) is 3.44. The Balaban J connectivity index is 1.63. The van der Waals surface area contributed by atoms with E-state index in [9.17, 15) is 4.79 Å². The van der Waals surface area contributed by atoms with Gasteiger partial charge in [0.2, 0.25) is 5.91 Å². The Morgan fingerprint density at radius 3 is 2.90 bits per heavy atom. The third-order valence-corrected chi connectivity index (χ3v) is 7.63. The standard InChI is InChI=1S/C22H28N4O2S2/c1-13-12-15-19(21-25-16-6-4-5-7-17(16)29-21)22(30-20(15)14(2)24-13)26-18(27)8-9-23-10-11-28-3/h4-7,13-14,23-24H,8-12H2,1-3H3,(H,26,27). The van der Waals surface area contributed by atoms with Crippen molar-refractivity contribution in [1.82, 2.24) is 15.6 Å². The van der Waals surface area contributed by atoms with Crippen molar-refractivity contribution in [1.29, 1.82) is 0 Å². The van der Waals surface area contributed by atoms with Crippen LogP contribution in [0.4, 0.5) is 5.00 Å². The third-order valence-electron chi connectivity index (χ3n) is 5.25. The SMILES string of the molecule is COCCNCCC(=O)Nc1sc2c(c1-c1nc3ccccc3s1)CC(C)NC2C. The maximum Gasteiger partial charge on any atom is 0.226 e. The molecule has 1 amide bonds. The Bertz CT molecular complexity index is 996. The molecule has 0 aliphatic carbocycles. The fourth-order valence-corrected chi connectivity index (χ4v) is 6.26. The molecule has 2 atom stereocenters. The minimum absolute atomic E-state index is 0.0227. The van der Waals surface area contributed by atoms with Crippen molar-refractivity contribution in [3.8, 4) is 10.6 Å². The number of fused-ring (bicyclic) bond motifs is 2. The lowest BCUT2D eigenvalue weighted by Crippen LogP contribution is -2.35. The molecule has 0 radical (unpaired) electrons. The highest BCUT2D eigenvalue weighted by Crippen LogP contribution is 2.47. The number of rotatable bonds is 8. The zero-order valence-corrected chi connectivity index (χ0v) is 19.2. The van der Waals surface area contributed by atoms with Crippen LogP contribution in [0.3, 0.4) is 0 Å². The molecule has 3 aromatic rings. The Labute approximate surface area is 185 Å². The van der Waals surface area contributed by atoms with E-state index in [4.69, 9.17) is 9.72 Å². The first-order valence-corrected chi connectivity index (χ1v) is 12.0. The number of nitrogens with one attached hydrogen (secondary N) is 3. The second-order valence-electron chi connectivity index (χ2n) is 7.67. The predicted octanol–water partition coefficient (Wildman–Crippen LogP) is 4.18. The number of ether oxygens (including phenoxy) is 1. The van der Waals surface area contributed by atoms with E-state index in [0.717, 1.165) is 34.1 Å². The van der Waals surface area contributed by atoms with E-state index in [0.29, 0.717) is 25.6 Å². The molecule has 4 rings (SSSR count). The number of methoxy groups -OCH3 is 1. The molecule has 0 spiro atoms. The van der Waals surface area contributed by atoms with Crippen LogP contribution in [0.5, 0.6) is 0 Å². The average Bonchev–Trinajstić information content (AvgIpc) is 3.28. The first-order chi connectivity index (χ1) is 14.6. The zero-order chi connectivity index (χ0) is 21.1. The molecule has 1 aliphatic rings. The number of carbonyl (C=O) groups excluding carboxylic acids is 1. The number of aromatic nitrogens is 1. The second-order valence-corrected chi connectivity index (χ2v) is 9.75. The van der Waals surface area contributed by atoms with Gasteiger partial charge in [0.25, 0.3) is 0 Å². The lowest BCUT2D eigenvalue weighted by atomic mass is 9.95. The molecule has 3 heterocycles. The second kappa shape index (κ2) is 9.53. The number of hydrogen-bond acceptors (Lipinski definition) is 7. The molecule has 0 saturated carbocycles. The molecule has 2 aromatic heterocycles. The van der Waals surface area contributed by atoms with Crippen molar-refractivity contribution in [2.45, 2.75) is 38.8 Å². The summed E-state index contributed by atoms with van der Waals surface area (Å²) in [5, 5.41) is 11.9. The quantitative estimate of drug-likeness (QED) is 0.455. The molecule has 0 bridgehead atoms. The van der Waals surface area contributed by atoms with Crippen molar-refractivity contribution >= 4 is 43.8 Å². The van der Waals surface area contributed by atoms with Crippen LogP contribution in [0.15, 0.2) is 24.3 Å². The van der Waals surface area contributed by atoms with Gasteiger partial charge in [-0.2, -0.15) is 0 Å². The number of benzene rings is 1. The fourth-order valence-electron chi connectivity index (χ4n) is 3.89. The van der Waals surface area contributed by atoms with Crippen LogP contribution in [-0.2, 0) is 16.0 Å². The summed E-state index contributed by atoms with van der Waals surface area (Å²) in [7, 11) is 1.67. The molecule has 30 heavy (non-hydrogen) atoms. The topological polar surface area (TPSA) is 75.3 Å². The van der Waals surface area contributed by atoms with Crippen LogP contribution in [0, 0.1) is 0 Å². The monoisotopic (exact) mass is 444 g/mol. The number of para-hydroxylation sites is 1. The Morgan fingerprint density at radius 1 is 1.27 bits per heavy atom. The minimum Gasteiger partial charge on any atom is -0.383 e. The van der Waals surface area contributed by atoms with E-state index in [-0.39, 0.29) is 11.9 Å². The predicted molar refractivity (Wildman–Crippen MR) is 126 cm³/mol. The van der Waals surface area contributed by atoms with Gasteiger partial charge in [-0.25, -0.2) is 4.98 Å². The lowest BCUT2D eigenvalue weighted by molar-refractivity contribution is -0.116. The Kier molecular flexibility index (Phi) is 6.80. The third kappa shape index (κ3) is 4.58. The van der Waals surface area contributed by atoms with Gasteiger partial charge >= 0.3 is 0 Å². The van der Waals surface area contributed by atoms with Gasteiger partial charge in [-0.15, -0.1) is 22.7 Å². The van der Waals surface area contributed by atoms with Crippen LogP contribution < -0.4 is 16.0 Å². The smallest absolute Gasteiger partial charge is 0.226 e. The zero-order valence-electron chi connectivity index (χ0n) is 17.6. The van der Waals surface area contributed by atoms with E-state index in [2.05, 4.69) is 35.9 Å². The summed E-state index contributed by atoms with van der Waals surface area (Å²) in [6, 6.07) is 8.87. The van der Waals surface area contributed by atoms with Gasteiger partial charge in [-0.05, 0) is 38.0 Å². The van der Waals surface area contributed by atoms with Gasteiger partial charge in [0.1, 0.15) is 10.0 Å². The van der Waals surface area contributed by atoms with Crippen molar-refractivity contribution in [3.63, 3.8) is 0 Å². The van der Waals surface area contributed by atoms with E-state index in [1.54, 1.807) is 29.8 Å². The van der Waals surface area contributed by atoms with Crippen LogP contribution in [-0.4, -0.2) is 43.7 Å². The number of nitrogens with zero attached hydrogens (tertiary/aromatic N) is 1. The Hall–Kier alpha value is -1.84. The van der Waals surface area contributed by atoms with Crippen LogP contribution >= 0.6 is 22.7 Å². The highest BCUT2D eigenvalue weighted by atomic mass is 32.1. The van der Waals surface area contributed by atoms with E-state index >= 15 is 0 Å². The van der Waals surface area contributed by atoms with Gasteiger partial charge in [0, 0.05) is 49.1 Å². The van der Waals surface area contributed by atoms with Gasteiger partial charge < -0.3 is 20.7 Å². The molecule has 160 valence electrons. The maximum absolute atomic E-state index is 12.7. The first kappa shape index (κ1) is 21.4. The average molecular weight is 445 g/mol. The van der Waals surface area contributed by atoms with E-state index in [1.807, 2.05) is 18.2 Å². The molecule has 2 unspecified atom stereocenters. The Morgan fingerprint density at radius 2 is 2.10 bits per heavy atom. The lowest BCUT2D eigenvalue weighted by Gasteiger charge is -2.26. The number of carbonyl (C=O) groups is 1. The summed E-state index contributed by atoms with van der Waals surface area (Å²) in [4.78, 5) is 18.9. The van der Waals surface area contributed by atoms with Crippen molar-refractivity contribution in [3.05, 3.63) is 34.7 Å². The normalized spacial score (nSPS) is 18.5. The molecule has 1 aromatic carbocycles. The molecule has 1 aliphatic heterocycles. The molecular weight excluding hydrogens is 416 g/mol. The van der Waals surface area contributed by atoms with Gasteiger partial charge in [0.05, 0.1) is 16.8 Å². The molecule has 0 fully saturated rings. The van der Waals surface area contributed by atoms with Crippen molar-refractivity contribution in [2.24, 2.45) is 0 Å². The minimum atomic E-state index is 0.0227. The van der Waals surface area contributed by atoms with Gasteiger partial charge in [-0.1, -0.05) is 12.1 Å². The molecular formula is C22H28N4O2S2. The van der Waals surface area contributed by atoms with Gasteiger partial charge in [-0.3, -0.25) is 4.79 Å². The van der Waals surface area contributed by atoms with Crippen molar-refractivity contribution < 1.29 is 9.53 Å². The maximum atomic E-state index is 12.7. The summed E-state index contributed by atoms with van der Waals surface area (Å²) >= 11 is 3.38. The summed E-state index contributed by atoms with van der Waals surface area (Å²) < 4.78 is 6.19. The van der Waals surface area contributed by atoms with E-state index < -0.39 is 0 Å². The molecule has 3 N–H and O–H groups in total. The van der Waals surface area contributed by atoms with Crippen LogP contribution in [0.25, 0.3) is 20.8 Å². The molecule has 6 nitrogen and oxygen atoms in total. The summed E-state index contributed by atoms with van der Waals surface area (Å²) in [6.07, 6.45) is 1.37. The van der Waals surface area contributed by atoms with Crippen molar-refractivity contribution in [2.75, 3.05) is 32.1 Å². The fraction of sp³-hybridized carbons (Fsp3) is 0.455. The highest BCUT2D eigenvalue weighted by molar-refractivity contribution is 7.23.